The van der Waals surface area contributed by atoms with Gasteiger partial charge >= 0.3 is 18.1 Å². The first-order chi connectivity index (χ1) is 8.14. The van der Waals surface area contributed by atoms with Crippen LogP contribution in [0.4, 0.5) is 13.2 Å². The molecule has 0 saturated heterocycles. The van der Waals surface area contributed by atoms with E-state index in [9.17, 15) is 22.8 Å². The lowest BCUT2D eigenvalue weighted by molar-refractivity contribution is -0.189. The number of carbonyl (C=O) groups excluding carboxylic acids is 1. The first-order valence-corrected chi connectivity index (χ1v) is 6.30. The van der Waals surface area contributed by atoms with Gasteiger partial charge in [-0.15, -0.1) is 0 Å². The molecule has 0 heterocycles. The second-order valence-corrected chi connectivity index (χ2v) is 5.25. The van der Waals surface area contributed by atoms with Crippen molar-refractivity contribution in [2.24, 2.45) is 0 Å². The van der Waals surface area contributed by atoms with E-state index in [0.717, 1.165) is 0 Å². The Morgan fingerprint density at radius 2 is 1.67 bits per heavy atom. The van der Waals surface area contributed by atoms with E-state index in [2.05, 4.69) is 4.74 Å². The molecule has 4 nitrogen and oxygen atoms in total. The maximum absolute atomic E-state index is 12.1. The number of alkyl halides is 3. The van der Waals surface area contributed by atoms with Crippen LogP contribution in [0.1, 0.15) is 10.4 Å². The third-order valence-electron chi connectivity index (χ3n) is 1.70. The quantitative estimate of drug-likeness (QED) is 0.397. The van der Waals surface area contributed by atoms with E-state index in [1.54, 1.807) is 45.2 Å². The largest absolute Gasteiger partial charge is 0.491 e. The second-order valence-electron chi connectivity index (χ2n) is 2.93. The number of carboxylic acids is 1. The minimum Gasteiger partial charge on any atom is -0.478 e. The van der Waals surface area contributed by atoms with E-state index < -0.39 is 29.4 Å². The average molecular weight is 486 g/mol. The van der Waals surface area contributed by atoms with Crippen molar-refractivity contribution < 1.29 is 32.6 Å². The van der Waals surface area contributed by atoms with Crippen LogP contribution in [0.5, 0.6) is 5.75 Å². The fraction of sp³-hybridized carbons (Fsp3) is 0.111. The maximum atomic E-state index is 12.1. The van der Waals surface area contributed by atoms with Gasteiger partial charge in [0.05, 0.1) is 3.57 Å². The fourth-order valence-corrected chi connectivity index (χ4v) is 2.20. The molecule has 0 unspecified atom stereocenters. The number of carbonyl (C=O) groups is 2. The van der Waals surface area contributed by atoms with Gasteiger partial charge in [0.15, 0.2) is 5.75 Å². The Morgan fingerprint density at radius 3 is 2.11 bits per heavy atom. The normalized spacial score (nSPS) is 11.2. The van der Waals surface area contributed by atoms with Crippen LogP contribution in [0.25, 0.3) is 0 Å². The molecule has 0 aliphatic heterocycles. The van der Waals surface area contributed by atoms with E-state index >= 15 is 0 Å². The number of rotatable bonds is 2. The van der Waals surface area contributed by atoms with E-state index in [1.165, 1.54) is 12.1 Å². The van der Waals surface area contributed by atoms with Crippen LogP contribution in [-0.4, -0.2) is 23.2 Å². The molecule has 0 radical (unpaired) electrons. The Bertz CT molecular complexity index is 513. The van der Waals surface area contributed by atoms with Crippen LogP contribution in [0.2, 0.25) is 0 Å². The molecule has 0 amide bonds. The third kappa shape index (κ3) is 3.46. The van der Waals surface area contributed by atoms with Gasteiger partial charge in [-0.2, -0.15) is 13.2 Å². The van der Waals surface area contributed by atoms with Crippen molar-refractivity contribution in [3.8, 4) is 5.75 Å². The van der Waals surface area contributed by atoms with Crippen LogP contribution >= 0.6 is 45.2 Å². The van der Waals surface area contributed by atoms with Crippen LogP contribution in [-0.2, 0) is 4.79 Å². The fourth-order valence-electron chi connectivity index (χ4n) is 0.983. The molecule has 1 aromatic rings. The second kappa shape index (κ2) is 5.59. The predicted molar refractivity (Wildman–Crippen MR) is 70.5 cm³/mol. The summed E-state index contributed by atoms with van der Waals surface area (Å²) in [6.45, 7) is 0. The number of esters is 1. The molecule has 0 aliphatic rings. The van der Waals surface area contributed by atoms with E-state index in [4.69, 9.17) is 5.11 Å². The summed E-state index contributed by atoms with van der Waals surface area (Å²) in [6.07, 6.45) is -5.18. The first kappa shape index (κ1) is 15.5. The van der Waals surface area contributed by atoms with Gasteiger partial charge in [0, 0.05) is 3.57 Å². The SMILES string of the molecule is O=C(O)c1c(I)ccc(I)c1OC(=O)C(F)(F)F. The Kier molecular flexibility index (Phi) is 4.80. The summed E-state index contributed by atoms with van der Waals surface area (Å²) in [5, 5.41) is 8.91. The van der Waals surface area contributed by atoms with E-state index in [0.29, 0.717) is 0 Å². The average Bonchev–Trinajstić information content (AvgIpc) is 2.21. The first-order valence-electron chi connectivity index (χ1n) is 4.15. The highest BCUT2D eigenvalue weighted by Gasteiger charge is 2.42. The molecule has 0 spiro atoms. The number of benzene rings is 1. The Balaban J connectivity index is 3.28. The van der Waals surface area contributed by atoms with E-state index in [1.807, 2.05) is 0 Å². The lowest BCUT2D eigenvalue weighted by Crippen LogP contribution is -2.29. The van der Waals surface area contributed by atoms with Crippen molar-refractivity contribution in [1.29, 1.82) is 0 Å². The topological polar surface area (TPSA) is 63.6 Å². The molecule has 98 valence electrons. The van der Waals surface area contributed by atoms with Gasteiger partial charge in [-0.05, 0) is 57.3 Å². The van der Waals surface area contributed by atoms with Crippen LogP contribution in [0.3, 0.4) is 0 Å². The molecule has 0 bridgehead atoms. The van der Waals surface area contributed by atoms with Gasteiger partial charge in [-0.3, -0.25) is 0 Å². The van der Waals surface area contributed by atoms with Crippen LogP contribution < -0.4 is 4.74 Å². The highest BCUT2D eigenvalue weighted by Crippen LogP contribution is 2.31. The summed E-state index contributed by atoms with van der Waals surface area (Å²) in [4.78, 5) is 21.7. The molecule has 9 heteroatoms. The molecular weight excluding hydrogens is 483 g/mol. The van der Waals surface area contributed by atoms with Crippen LogP contribution in [0, 0.1) is 7.14 Å². The highest BCUT2D eigenvalue weighted by atomic mass is 127. The monoisotopic (exact) mass is 486 g/mol. The van der Waals surface area contributed by atoms with Crippen molar-refractivity contribution >= 4 is 57.1 Å². The zero-order valence-electron chi connectivity index (χ0n) is 8.22. The number of aromatic carboxylic acids is 1. The zero-order chi connectivity index (χ0) is 14.1. The summed E-state index contributed by atoms with van der Waals surface area (Å²) in [5.74, 6) is -4.52. The van der Waals surface area contributed by atoms with Crippen molar-refractivity contribution in [2.75, 3.05) is 0 Å². The number of hydrogen-bond donors (Lipinski definition) is 1. The minimum atomic E-state index is -5.18. The van der Waals surface area contributed by atoms with Gasteiger partial charge in [-0.1, -0.05) is 0 Å². The lowest BCUT2D eigenvalue weighted by Gasteiger charge is -2.12. The van der Waals surface area contributed by atoms with E-state index in [-0.39, 0.29) is 7.14 Å². The smallest absolute Gasteiger partial charge is 0.478 e. The van der Waals surface area contributed by atoms with Crippen molar-refractivity contribution in [1.82, 2.24) is 0 Å². The summed E-state index contributed by atoms with van der Waals surface area (Å²) < 4.78 is 40.6. The summed E-state index contributed by atoms with van der Waals surface area (Å²) in [5.41, 5.74) is -0.472. The van der Waals surface area contributed by atoms with Crippen molar-refractivity contribution in [3.63, 3.8) is 0 Å². The molecule has 0 aromatic heterocycles. The number of ether oxygens (including phenoxy) is 1. The summed E-state index contributed by atoms with van der Waals surface area (Å²) in [7, 11) is 0. The number of hydrogen-bond acceptors (Lipinski definition) is 3. The number of carboxylic acid groups (broad SMARTS) is 1. The Hall–Kier alpha value is -0.590. The molecule has 18 heavy (non-hydrogen) atoms. The molecule has 1 N–H and O–H groups in total. The molecule has 0 aliphatic carbocycles. The minimum absolute atomic E-state index is 0.100. The van der Waals surface area contributed by atoms with Gasteiger partial charge in [0.1, 0.15) is 5.56 Å². The lowest BCUT2D eigenvalue weighted by atomic mass is 10.2. The summed E-state index contributed by atoms with van der Waals surface area (Å²) >= 11 is 3.22. The van der Waals surface area contributed by atoms with Gasteiger partial charge in [-0.25, -0.2) is 9.59 Å². The van der Waals surface area contributed by atoms with Crippen LogP contribution in [0.15, 0.2) is 12.1 Å². The summed E-state index contributed by atoms with van der Waals surface area (Å²) in [6, 6.07) is 2.75. The standard InChI is InChI=1S/C9H3F3I2O4/c10-9(11,12)8(17)18-6-4(14)2-1-3(13)5(6)7(15)16/h1-2H,(H,15,16). The third-order valence-corrected chi connectivity index (χ3v) is 3.45. The van der Waals surface area contributed by atoms with Crippen molar-refractivity contribution in [2.45, 2.75) is 6.18 Å². The molecule has 1 rings (SSSR count). The predicted octanol–water partition coefficient (Wildman–Crippen LogP) is 3.06. The zero-order valence-corrected chi connectivity index (χ0v) is 12.5. The molecular formula is C9H3F3I2O4. The molecule has 0 atom stereocenters. The van der Waals surface area contributed by atoms with Gasteiger partial charge < -0.3 is 9.84 Å². The maximum Gasteiger partial charge on any atom is 0.491 e. The molecule has 0 fully saturated rings. The molecule has 0 saturated carbocycles. The number of halogens is 5. The van der Waals surface area contributed by atoms with Gasteiger partial charge in [0.25, 0.3) is 0 Å². The Morgan fingerprint density at radius 1 is 1.17 bits per heavy atom. The molecule has 1 aromatic carbocycles. The van der Waals surface area contributed by atoms with Crippen molar-refractivity contribution in [3.05, 3.63) is 24.8 Å². The highest BCUT2D eigenvalue weighted by molar-refractivity contribution is 14.1. The Labute approximate surface area is 126 Å². The van der Waals surface area contributed by atoms with Gasteiger partial charge in [0.2, 0.25) is 0 Å².